The van der Waals surface area contributed by atoms with E-state index in [-0.39, 0.29) is 17.9 Å². The minimum absolute atomic E-state index is 0.173. The van der Waals surface area contributed by atoms with Gasteiger partial charge in [0.15, 0.2) is 5.60 Å². The molecule has 1 atom stereocenters. The lowest BCUT2D eigenvalue weighted by Gasteiger charge is -2.32. The number of nitrogens with two attached hydrogens (primary N) is 1. The van der Waals surface area contributed by atoms with Gasteiger partial charge in [0.05, 0.1) is 0 Å². The number of alkyl halides is 3. The van der Waals surface area contributed by atoms with E-state index < -0.39 is 11.8 Å². The first-order chi connectivity index (χ1) is 7.67. The second-order valence-corrected chi connectivity index (χ2v) is 4.58. The third-order valence-electron chi connectivity index (χ3n) is 2.56. The summed E-state index contributed by atoms with van der Waals surface area (Å²) < 4.78 is 38.9. The minimum Gasteiger partial charge on any atom is -0.399 e. The normalized spacial score (nSPS) is 15.9. The molecule has 0 amide bonds. The Hall–Kier alpha value is -1.23. The SMILES string of the molecule is CC(C)CC(O)(c1ccc(N)cc1)C(F)(F)F. The molecule has 0 aliphatic carbocycles. The molecule has 96 valence electrons. The Balaban J connectivity index is 3.19. The summed E-state index contributed by atoms with van der Waals surface area (Å²) in [6.45, 7) is 3.27. The predicted molar refractivity (Wildman–Crippen MR) is 60.3 cm³/mol. The number of benzene rings is 1. The van der Waals surface area contributed by atoms with Crippen molar-refractivity contribution in [3.8, 4) is 0 Å². The highest BCUT2D eigenvalue weighted by Gasteiger charge is 2.54. The number of rotatable bonds is 3. The number of nitrogen functional groups attached to an aromatic ring is 1. The molecule has 1 aromatic rings. The maximum Gasteiger partial charge on any atom is 0.421 e. The van der Waals surface area contributed by atoms with Crippen molar-refractivity contribution in [3.63, 3.8) is 0 Å². The van der Waals surface area contributed by atoms with Gasteiger partial charge in [-0.15, -0.1) is 0 Å². The summed E-state index contributed by atoms with van der Waals surface area (Å²) in [6, 6.07) is 5.13. The zero-order valence-corrected chi connectivity index (χ0v) is 9.75. The Kier molecular flexibility index (Phi) is 3.71. The first-order valence-corrected chi connectivity index (χ1v) is 5.32. The summed E-state index contributed by atoms with van der Waals surface area (Å²) in [6.07, 6.45) is -5.08. The van der Waals surface area contributed by atoms with Crippen LogP contribution in [0.3, 0.4) is 0 Å². The zero-order chi connectivity index (χ0) is 13.3. The van der Waals surface area contributed by atoms with Crippen molar-refractivity contribution in [2.45, 2.75) is 32.0 Å². The fourth-order valence-electron chi connectivity index (χ4n) is 1.75. The van der Waals surface area contributed by atoms with E-state index in [1.165, 1.54) is 24.3 Å². The second-order valence-electron chi connectivity index (χ2n) is 4.58. The zero-order valence-electron chi connectivity index (χ0n) is 9.75. The monoisotopic (exact) mass is 247 g/mol. The highest BCUT2D eigenvalue weighted by molar-refractivity contribution is 5.41. The van der Waals surface area contributed by atoms with Crippen molar-refractivity contribution >= 4 is 5.69 Å². The molecule has 0 aliphatic rings. The molecule has 2 nitrogen and oxygen atoms in total. The smallest absolute Gasteiger partial charge is 0.399 e. The van der Waals surface area contributed by atoms with Crippen molar-refractivity contribution < 1.29 is 18.3 Å². The van der Waals surface area contributed by atoms with Gasteiger partial charge in [0.1, 0.15) is 0 Å². The van der Waals surface area contributed by atoms with Crippen LogP contribution in [0.25, 0.3) is 0 Å². The van der Waals surface area contributed by atoms with Crippen LogP contribution in [0.2, 0.25) is 0 Å². The second kappa shape index (κ2) is 4.56. The van der Waals surface area contributed by atoms with Crippen molar-refractivity contribution in [1.82, 2.24) is 0 Å². The average Bonchev–Trinajstić information content (AvgIpc) is 2.15. The van der Waals surface area contributed by atoms with Gasteiger partial charge in [-0.25, -0.2) is 0 Å². The molecular formula is C12H16F3NO. The molecule has 0 saturated heterocycles. The maximum absolute atomic E-state index is 13.0. The van der Waals surface area contributed by atoms with E-state index in [9.17, 15) is 18.3 Å². The molecule has 0 fully saturated rings. The van der Waals surface area contributed by atoms with E-state index in [1.54, 1.807) is 13.8 Å². The molecule has 0 spiro atoms. The van der Waals surface area contributed by atoms with Crippen LogP contribution < -0.4 is 5.73 Å². The van der Waals surface area contributed by atoms with Gasteiger partial charge < -0.3 is 10.8 Å². The van der Waals surface area contributed by atoms with Gasteiger partial charge in [-0.05, 0) is 30.0 Å². The minimum atomic E-state index is -4.70. The lowest BCUT2D eigenvalue weighted by atomic mass is 9.85. The molecular weight excluding hydrogens is 231 g/mol. The molecule has 0 bridgehead atoms. The quantitative estimate of drug-likeness (QED) is 0.806. The molecule has 1 aromatic carbocycles. The van der Waals surface area contributed by atoms with E-state index in [0.29, 0.717) is 5.69 Å². The third kappa shape index (κ3) is 2.91. The Morgan fingerprint density at radius 1 is 1.18 bits per heavy atom. The third-order valence-corrected chi connectivity index (χ3v) is 2.56. The van der Waals surface area contributed by atoms with Gasteiger partial charge in [-0.2, -0.15) is 13.2 Å². The summed E-state index contributed by atoms with van der Waals surface area (Å²) in [5.74, 6) is -0.279. The first kappa shape index (κ1) is 13.8. The summed E-state index contributed by atoms with van der Waals surface area (Å²) >= 11 is 0. The van der Waals surface area contributed by atoms with Gasteiger partial charge in [-0.3, -0.25) is 0 Å². The van der Waals surface area contributed by atoms with Crippen LogP contribution in [0.4, 0.5) is 18.9 Å². The van der Waals surface area contributed by atoms with E-state index in [0.717, 1.165) is 0 Å². The lowest BCUT2D eigenvalue weighted by molar-refractivity contribution is -0.272. The number of aliphatic hydroxyl groups is 1. The van der Waals surface area contributed by atoms with Gasteiger partial charge in [0.2, 0.25) is 0 Å². The van der Waals surface area contributed by atoms with E-state index in [1.807, 2.05) is 0 Å². The topological polar surface area (TPSA) is 46.2 Å². The number of hydrogen-bond acceptors (Lipinski definition) is 2. The van der Waals surface area contributed by atoms with Crippen LogP contribution in [0.15, 0.2) is 24.3 Å². The Bertz CT molecular complexity index is 372. The molecule has 5 heteroatoms. The van der Waals surface area contributed by atoms with E-state index >= 15 is 0 Å². The van der Waals surface area contributed by atoms with Crippen LogP contribution in [0, 0.1) is 5.92 Å². The summed E-state index contributed by atoms with van der Waals surface area (Å²) in [4.78, 5) is 0. The Morgan fingerprint density at radius 2 is 1.65 bits per heavy atom. The van der Waals surface area contributed by atoms with Crippen molar-refractivity contribution in [1.29, 1.82) is 0 Å². The largest absolute Gasteiger partial charge is 0.421 e. The molecule has 17 heavy (non-hydrogen) atoms. The summed E-state index contributed by atoms with van der Waals surface area (Å²) in [5, 5.41) is 9.91. The standard InChI is InChI=1S/C12H16F3NO/c1-8(2)7-11(17,12(13,14)15)9-3-5-10(16)6-4-9/h3-6,8,17H,7,16H2,1-2H3. The van der Waals surface area contributed by atoms with Crippen LogP contribution in [0.1, 0.15) is 25.8 Å². The lowest BCUT2D eigenvalue weighted by Crippen LogP contribution is -2.43. The molecule has 1 unspecified atom stereocenters. The summed E-state index contributed by atoms with van der Waals surface area (Å²) in [7, 11) is 0. The van der Waals surface area contributed by atoms with Crippen LogP contribution in [0.5, 0.6) is 0 Å². The van der Waals surface area contributed by atoms with Crippen LogP contribution in [-0.4, -0.2) is 11.3 Å². The maximum atomic E-state index is 13.0. The number of anilines is 1. The number of halogens is 3. The number of hydrogen-bond donors (Lipinski definition) is 2. The fourth-order valence-corrected chi connectivity index (χ4v) is 1.75. The van der Waals surface area contributed by atoms with Crippen LogP contribution in [-0.2, 0) is 5.60 Å². The Labute approximate surface area is 98.3 Å². The van der Waals surface area contributed by atoms with Gasteiger partial charge in [-0.1, -0.05) is 26.0 Å². The van der Waals surface area contributed by atoms with Crippen molar-refractivity contribution in [2.75, 3.05) is 5.73 Å². The first-order valence-electron chi connectivity index (χ1n) is 5.32. The van der Waals surface area contributed by atoms with E-state index in [2.05, 4.69) is 0 Å². The average molecular weight is 247 g/mol. The fraction of sp³-hybridized carbons (Fsp3) is 0.500. The van der Waals surface area contributed by atoms with Gasteiger partial charge in [0.25, 0.3) is 0 Å². The van der Waals surface area contributed by atoms with Gasteiger partial charge in [0, 0.05) is 5.69 Å². The summed E-state index contributed by atoms with van der Waals surface area (Å²) in [5.41, 5.74) is 2.80. The molecule has 1 rings (SSSR count). The van der Waals surface area contributed by atoms with Crippen molar-refractivity contribution in [3.05, 3.63) is 29.8 Å². The molecule has 0 heterocycles. The highest BCUT2D eigenvalue weighted by atomic mass is 19.4. The van der Waals surface area contributed by atoms with E-state index in [4.69, 9.17) is 5.73 Å². The molecule has 0 aromatic heterocycles. The van der Waals surface area contributed by atoms with Crippen LogP contribution >= 0.6 is 0 Å². The molecule has 0 radical (unpaired) electrons. The van der Waals surface area contributed by atoms with Gasteiger partial charge >= 0.3 is 6.18 Å². The predicted octanol–water partition coefficient (Wildman–Crippen LogP) is 3.06. The Morgan fingerprint density at radius 3 is 2.00 bits per heavy atom. The molecule has 0 saturated carbocycles. The molecule has 0 aliphatic heterocycles. The van der Waals surface area contributed by atoms with Crippen molar-refractivity contribution in [2.24, 2.45) is 5.92 Å². The molecule has 3 N–H and O–H groups in total. The highest BCUT2D eigenvalue weighted by Crippen LogP contribution is 2.43.